The van der Waals surface area contributed by atoms with E-state index in [0.29, 0.717) is 31.2 Å². The lowest BCUT2D eigenvalue weighted by Crippen LogP contribution is -2.38. The second-order valence-electron chi connectivity index (χ2n) is 4.92. The van der Waals surface area contributed by atoms with E-state index < -0.39 is 0 Å². The molecule has 0 spiro atoms. The number of anilines is 1. The van der Waals surface area contributed by atoms with Gasteiger partial charge in [-0.1, -0.05) is 19.9 Å². The van der Waals surface area contributed by atoms with Crippen LogP contribution in [0.3, 0.4) is 0 Å². The lowest BCUT2D eigenvalue weighted by Gasteiger charge is -2.24. The van der Waals surface area contributed by atoms with E-state index in [0.717, 1.165) is 6.42 Å². The summed E-state index contributed by atoms with van der Waals surface area (Å²) in [5, 5.41) is 2.70. The van der Waals surface area contributed by atoms with Crippen molar-refractivity contribution in [3.63, 3.8) is 0 Å². The fourth-order valence-electron chi connectivity index (χ4n) is 1.77. The Bertz CT molecular complexity index is 409. The maximum Gasteiger partial charge on any atom is 0.321 e. The Balaban J connectivity index is 2.65. The molecule has 1 aromatic carbocycles. The molecule has 3 N–H and O–H groups in total. The zero-order chi connectivity index (χ0) is 14.3. The minimum absolute atomic E-state index is 0.215. The fourth-order valence-corrected chi connectivity index (χ4v) is 1.77. The maximum absolute atomic E-state index is 13.1. The summed E-state index contributed by atoms with van der Waals surface area (Å²) in [6.07, 6.45) is 0.753. The van der Waals surface area contributed by atoms with Gasteiger partial charge in [-0.2, -0.15) is 0 Å². The third-order valence-electron chi connectivity index (χ3n) is 2.58. The molecule has 4 nitrogen and oxygen atoms in total. The van der Waals surface area contributed by atoms with Crippen molar-refractivity contribution < 1.29 is 9.18 Å². The van der Waals surface area contributed by atoms with Crippen LogP contribution in [0.5, 0.6) is 0 Å². The summed E-state index contributed by atoms with van der Waals surface area (Å²) in [7, 11) is 0. The summed E-state index contributed by atoms with van der Waals surface area (Å²) in [4.78, 5) is 13.8. The molecular weight excluding hydrogens is 245 g/mol. The highest BCUT2D eigenvalue weighted by molar-refractivity contribution is 5.89. The number of nitrogens with two attached hydrogens (primary N) is 1. The molecule has 106 valence electrons. The zero-order valence-corrected chi connectivity index (χ0v) is 11.5. The maximum atomic E-state index is 13.1. The van der Waals surface area contributed by atoms with Crippen LogP contribution >= 0.6 is 0 Å². The van der Waals surface area contributed by atoms with Crippen molar-refractivity contribution >= 4 is 11.7 Å². The van der Waals surface area contributed by atoms with Crippen LogP contribution < -0.4 is 11.1 Å². The molecule has 0 aliphatic heterocycles. The molecule has 0 radical (unpaired) electrons. The van der Waals surface area contributed by atoms with E-state index in [1.807, 2.05) is 13.8 Å². The van der Waals surface area contributed by atoms with E-state index in [1.54, 1.807) is 17.0 Å². The quantitative estimate of drug-likeness (QED) is 0.832. The zero-order valence-electron chi connectivity index (χ0n) is 11.5. The van der Waals surface area contributed by atoms with Gasteiger partial charge in [-0.05, 0) is 37.1 Å². The number of benzene rings is 1. The number of nitrogens with one attached hydrogen (secondary N) is 1. The lowest BCUT2D eigenvalue weighted by molar-refractivity contribution is 0.204. The van der Waals surface area contributed by atoms with Crippen LogP contribution in [0.15, 0.2) is 24.3 Å². The normalized spacial score (nSPS) is 10.6. The third kappa shape index (κ3) is 5.70. The molecule has 19 heavy (non-hydrogen) atoms. The van der Waals surface area contributed by atoms with Crippen LogP contribution in [0, 0.1) is 11.7 Å². The van der Waals surface area contributed by atoms with Crippen LogP contribution in [0.1, 0.15) is 20.3 Å². The van der Waals surface area contributed by atoms with Gasteiger partial charge in [0.1, 0.15) is 5.82 Å². The molecular formula is C14H22FN3O. The number of hydrogen-bond donors (Lipinski definition) is 2. The summed E-state index contributed by atoms with van der Waals surface area (Å²) in [6, 6.07) is 5.66. The topological polar surface area (TPSA) is 58.4 Å². The Morgan fingerprint density at radius 3 is 2.79 bits per heavy atom. The molecule has 0 saturated carbocycles. The van der Waals surface area contributed by atoms with Crippen LogP contribution in [-0.4, -0.2) is 30.6 Å². The van der Waals surface area contributed by atoms with Crippen molar-refractivity contribution in [3.05, 3.63) is 30.1 Å². The minimum Gasteiger partial charge on any atom is -0.330 e. The molecule has 0 heterocycles. The number of halogens is 1. The van der Waals surface area contributed by atoms with Gasteiger partial charge in [-0.15, -0.1) is 0 Å². The Labute approximate surface area is 113 Å². The van der Waals surface area contributed by atoms with E-state index >= 15 is 0 Å². The van der Waals surface area contributed by atoms with Crippen molar-refractivity contribution in [2.75, 3.05) is 25.0 Å². The van der Waals surface area contributed by atoms with Gasteiger partial charge in [0.25, 0.3) is 0 Å². The average Bonchev–Trinajstić information content (AvgIpc) is 2.34. The lowest BCUT2D eigenvalue weighted by atomic mass is 10.2. The average molecular weight is 267 g/mol. The van der Waals surface area contributed by atoms with Gasteiger partial charge in [0, 0.05) is 18.8 Å². The third-order valence-corrected chi connectivity index (χ3v) is 2.58. The van der Waals surface area contributed by atoms with Gasteiger partial charge in [0.2, 0.25) is 0 Å². The van der Waals surface area contributed by atoms with E-state index in [2.05, 4.69) is 5.32 Å². The van der Waals surface area contributed by atoms with Crippen molar-refractivity contribution in [1.82, 2.24) is 4.90 Å². The number of urea groups is 1. The predicted octanol–water partition coefficient (Wildman–Crippen LogP) is 2.66. The molecule has 1 aromatic rings. The minimum atomic E-state index is -0.366. The van der Waals surface area contributed by atoms with Gasteiger partial charge < -0.3 is 16.0 Å². The smallest absolute Gasteiger partial charge is 0.321 e. The van der Waals surface area contributed by atoms with E-state index in [1.165, 1.54) is 12.1 Å². The molecule has 0 unspecified atom stereocenters. The first-order valence-corrected chi connectivity index (χ1v) is 6.54. The highest BCUT2D eigenvalue weighted by Gasteiger charge is 2.14. The molecule has 0 fully saturated rings. The molecule has 0 aliphatic rings. The van der Waals surface area contributed by atoms with E-state index in [-0.39, 0.29) is 11.8 Å². The number of hydrogen-bond acceptors (Lipinski definition) is 2. The number of carbonyl (C=O) groups is 1. The molecule has 0 aliphatic carbocycles. The van der Waals surface area contributed by atoms with Gasteiger partial charge >= 0.3 is 6.03 Å². The SMILES string of the molecule is CC(C)CN(CCCN)C(=O)Nc1cccc(F)c1. The first kappa shape index (κ1) is 15.4. The number of carbonyl (C=O) groups excluding carboxylic acids is 1. The molecule has 1 rings (SSSR count). The van der Waals surface area contributed by atoms with Gasteiger partial charge in [-0.25, -0.2) is 9.18 Å². The van der Waals surface area contributed by atoms with Crippen LogP contribution in [0.2, 0.25) is 0 Å². The van der Waals surface area contributed by atoms with Gasteiger partial charge in [-0.3, -0.25) is 0 Å². The van der Waals surface area contributed by atoms with E-state index in [4.69, 9.17) is 5.73 Å². The Morgan fingerprint density at radius 1 is 1.47 bits per heavy atom. The standard InChI is InChI=1S/C14H22FN3O/c1-11(2)10-18(8-4-7-16)14(19)17-13-6-3-5-12(15)9-13/h3,5-6,9,11H,4,7-8,10,16H2,1-2H3,(H,17,19). The van der Waals surface area contributed by atoms with E-state index in [9.17, 15) is 9.18 Å². The predicted molar refractivity (Wildman–Crippen MR) is 75.5 cm³/mol. The first-order valence-electron chi connectivity index (χ1n) is 6.54. The number of amides is 2. The molecule has 2 amide bonds. The summed E-state index contributed by atoms with van der Waals surface area (Å²) in [5.74, 6) is 0.00574. The first-order chi connectivity index (χ1) is 9.02. The van der Waals surface area contributed by atoms with Crippen molar-refractivity contribution in [2.24, 2.45) is 11.7 Å². The molecule has 0 atom stereocenters. The van der Waals surface area contributed by atoms with Crippen LogP contribution in [0.4, 0.5) is 14.9 Å². The van der Waals surface area contributed by atoms with Crippen LogP contribution in [-0.2, 0) is 0 Å². The molecule has 0 bridgehead atoms. The number of nitrogens with zero attached hydrogens (tertiary/aromatic N) is 1. The van der Waals surface area contributed by atoms with Gasteiger partial charge in [0.15, 0.2) is 0 Å². The molecule has 0 saturated heterocycles. The Morgan fingerprint density at radius 2 is 2.21 bits per heavy atom. The van der Waals surface area contributed by atoms with Crippen molar-refractivity contribution in [2.45, 2.75) is 20.3 Å². The summed E-state index contributed by atoms with van der Waals surface area (Å²) < 4.78 is 13.1. The van der Waals surface area contributed by atoms with Crippen molar-refractivity contribution in [3.8, 4) is 0 Å². The largest absolute Gasteiger partial charge is 0.330 e. The summed E-state index contributed by atoms with van der Waals surface area (Å²) in [6.45, 7) is 5.90. The van der Waals surface area contributed by atoms with Crippen molar-refractivity contribution in [1.29, 1.82) is 0 Å². The van der Waals surface area contributed by atoms with Crippen LogP contribution in [0.25, 0.3) is 0 Å². The summed E-state index contributed by atoms with van der Waals surface area (Å²) >= 11 is 0. The Hall–Kier alpha value is -1.62. The molecule has 0 aromatic heterocycles. The second kappa shape index (κ2) is 7.74. The number of rotatable bonds is 6. The highest BCUT2D eigenvalue weighted by Crippen LogP contribution is 2.11. The summed E-state index contributed by atoms with van der Waals surface area (Å²) in [5.41, 5.74) is 5.94. The molecule has 5 heteroatoms. The highest BCUT2D eigenvalue weighted by atomic mass is 19.1. The fraction of sp³-hybridized carbons (Fsp3) is 0.500. The Kier molecular flexibility index (Phi) is 6.29. The second-order valence-corrected chi connectivity index (χ2v) is 4.92. The monoisotopic (exact) mass is 267 g/mol. The van der Waals surface area contributed by atoms with Gasteiger partial charge in [0.05, 0.1) is 0 Å².